The summed E-state index contributed by atoms with van der Waals surface area (Å²) in [5.74, 6) is -0.243. The van der Waals surface area contributed by atoms with Crippen molar-refractivity contribution in [2.45, 2.75) is 17.7 Å². The maximum absolute atomic E-state index is 13.2. The zero-order valence-corrected chi connectivity index (χ0v) is 20.4. The topological polar surface area (TPSA) is 73.8 Å². The highest BCUT2D eigenvalue weighted by molar-refractivity contribution is 7.89. The molecule has 2 aliphatic heterocycles. The lowest BCUT2D eigenvalue weighted by Gasteiger charge is -2.38. The van der Waals surface area contributed by atoms with Crippen molar-refractivity contribution in [3.8, 4) is 0 Å². The van der Waals surface area contributed by atoms with E-state index in [2.05, 4.69) is 4.90 Å². The third kappa shape index (κ3) is 4.59. The number of rotatable bonds is 4. The molecule has 0 aliphatic carbocycles. The van der Waals surface area contributed by atoms with E-state index in [4.69, 9.17) is 16.6 Å². The molecule has 5 rings (SSSR count). The molecule has 1 atom stereocenters. The number of thiazole rings is 1. The summed E-state index contributed by atoms with van der Waals surface area (Å²) in [4.78, 5) is 22.3. The van der Waals surface area contributed by atoms with Gasteiger partial charge in [0, 0.05) is 44.3 Å². The molecule has 0 bridgehead atoms. The highest BCUT2D eigenvalue weighted by Gasteiger charge is 2.36. The fourth-order valence-corrected chi connectivity index (χ4v) is 7.34. The van der Waals surface area contributed by atoms with E-state index in [1.165, 1.54) is 4.31 Å². The number of fused-ring (bicyclic) bond motifs is 1. The van der Waals surface area contributed by atoms with Gasteiger partial charge in [-0.15, -0.1) is 0 Å². The Labute approximate surface area is 202 Å². The van der Waals surface area contributed by atoms with Gasteiger partial charge in [-0.05, 0) is 43.2 Å². The number of piperidine rings is 1. The van der Waals surface area contributed by atoms with E-state index in [0.29, 0.717) is 44.2 Å². The van der Waals surface area contributed by atoms with Gasteiger partial charge in [0.15, 0.2) is 5.13 Å². The number of sulfonamides is 1. The van der Waals surface area contributed by atoms with Gasteiger partial charge in [-0.3, -0.25) is 4.79 Å². The normalized spacial score (nSPS) is 20.3. The predicted molar refractivity (Wildman–Crippen MR) is 131 cm³/mol. The Balaban J connectivity index is 1.22. The van der Waals surface area contributed by atoms with E-state index >= 15 is 0 Å². The van der Waals surface area contributed by atoms with E-state index in [1.54, 1.807) is 41.7 Å². The first-order valence-corrected chi connectivity index (χ1v) is 13.7. The number of carbonyl (C=O) groups is 1. The highest BCUT2D eigenvalue weighted by Crippen LogP contribution is 2.32. The third-order valence-electron chi connectivity index (χ3n) is 6.32. The van der Waals surface area contributed by atoms with Gasteiger partial charge in [0.2, 0.25) is 15.9 Å². The lowest BCUT2D eigenvalue weighted by molar-refractivity contribution is -0.137. The van der Waals surface area contributed by atoms with E-state index in [1.807, 2.05) is 23.1 Å². The number of anilines is 1. The molecule has 0 saturated carbocycles. The van der Waals surface area contributed by atoms with Crippen LogP contribution in [0.2, 0.25) is 5.02 Å². The summed E-state index contributed by atoms with van der Waals surface area (Å²) in [6.45, 7) is 3.33. The summed E-state index contributed by atoms with van der Waals surface area (Å²) in [6.07, 6.45) is 1.41. The van der Waals surface area contributed by atoms with Crippen molar-refractivity contribution >= 4 is 54.2 Å². The molecule has 2 aromatic carbocycles. The van der Waals surface area contributed by atoms with Crippen molar-refractivity contribution in [1.29, 1.82) is 0 Å². The summed E-state index contributed by atoms with van der Waals surface area (Å²) in [5, 5.41) is 1.64. The van der Waals surface area contributed by atoms with Gasteiger partial charge in [0.05, 0.1) is 21.0 Å². The standard InChI is InChI=1S/C23H25ClN4O3S2/c24-18-8-9-20-21(15-18)32-23(25-20)27-13-11-26(12-14-27)22(29)17-5-4-10-28(16-17)33(30,31)19-6-2-1-3-7-19/h1-3,6-9,15,17H,4-5,10-14,16H2. The van der Waals surface area contributed by atoms with E-state index in [9.17, 15) is 13.2 Å². The summed E-state index contributed by atoms with van der Waals surface area (Å²) in [6, 6.07) is 14.1. The summed E-state index contributed by atoms with van der Waals surface area (Å²) in [7, 11) is -3.58. The van der Waals surface area contributed by atoms with Gasteiger partial charge in [-0.2, -0.15) is 4.31 Å². The first-order valence-electron chi connectivity index (χ1n) is 11.1. The van der Waals surface area contributed by atoms with Crippen molar-refractivity contribution in [2.75, 3.05) is 44.2 Å². The Bertz CT molecular complexity index is 1260. The van der Waals surface area contributed by atoms with Crippen molar-refractivity contribution in [3.63, 3.8) is 0 Å². The van der Waals surface area contributed by atoms with E-state index in [0.717, 1.165) is 21.8 Å². The van der Waals surface area contributed by atoms with Gasteiger partial charge < -0.3 is 9.80 Å². The minimum atomic E-state index is -3.58. The number of amides is 1. The molecule has 1 amide bonds. The van der Waals surface area contributed by atoms with E-state index in [-0.39, 0.29) is 23.3 Å². The SMILES string of the molecule is O=C(C1CCCN(S(=O)(=O)c2ccccc2)C1)N1CCN(c2nc3ccc(Cl)cc3s2)CC1. The second-order valence-electron chi connectivity index (χ2n) is 8.44. The molecule has 0 N–H and O–H groups in total. The minimum Gasteiger partial charge on any atom is -0.345 e. The summed E-state index contributed by atoms with van der Waals surface area (Å²) >= 11 is 7.70. The predicted octanol–water partition coefficient (Wildman–Crippen LogP) is 3.70. The van der Waals surface area contributed by atoms with Crippen molar-refractivity contribution < 1.29 is 13.2 Å². The average molecular weight is 505 g/mol. The van der Waals surface area contributed by atoms with Gasteiger partial charge in [-0.25, -0.2) is 13.4 Å². The zero-order chi connectivity index (χ0) is 23.0. The molecule has 2 fully saturated rings. The second kappa shape index (κ2) is 9.21. The van der Waals surface area contributed by atoms with Gasteiger partial charge in [-0.1, -0.05) is 41.1 Å². The maximum Gasteiger partial charge on any atom is 0.243 e. The van der Waals surface area contributed by atoms with Gasteiger partial charge in [0.25, 0.3) is 0 Å². The van der Waals surface area contributed by atoms with Crippen molar-refractivity contribution in [1.82, 2.24) is 14.2 Å². The van der Waals surface area contributed by atoms with Crippen LogP contribution in [-0.2, 0) is 14.8 Å². The molecule has 7 nitrogen and oxygen atoms in total. The maximum atomic E-state index is 13.2. The average Bonchev–Trinajstić information content (AvgIpc) is 3.27. The largest absolute Gasteiger partial charge is 0.345 e. The smallest absolute Gasteiger partial charge is 0.243 e. The number of nitrogens with zero attached hydrogens (tertiary/aromatic N) is 4. The van der Waals surface area contributed by atoms with Crippen LogP contribution in [0.25, 0.3) is 10.2 Å². The van der Waals surface area contributed by atoms with Crippen LogP contribution in [0.1, 0.15) is 12.8 Å². The third-order valence-corrected chi connectivity index (χ3v) is 9.51. The van der Waals surface area contributed by atoms with Crippen molar-refractivity contribution in [3.05, 3.63) is 53.6 Å². The second-order valence-corrected chi connectivity index (χ2v) is 11.8. The molecule has 10 heteroatoms. The number of halogens is 1. The highest BCUT2D eigenvalue weighted by atomic mass is 35.5. The van der Waals surface area contributed by atoms with E-state index < -0.39 is 10.0 Å². The van der Waals surface area contributed by atoms with Crippen LogP contribution in [-0.4, -0.2) is 67.8 Å². The molecular formula is C23H25ClN4O3S2. The molecule has 33 heavy (non-hydrogen) atoms. The Morgan fingerprint density at radius 3 is 2.55 bits per heavy atom. The molecule has 0 radical (unpaired) electrons. The summed E-state index contributed by atoms with van der Waals surface area (Å²) in [5.41, 5.74) is 0.930. The number of hydrogen-bond donors (Lipinski definition) is 0. The molecule has 1 aromatic heterocycles. The first-order chi connectivity index (χ1) is 15.9. The Kier molecular flexibility index (Phi) is 6.30. The Morgan fingerprint density at radius 1 is 1.03 bits per heavy atom. The number of aromatic nitrogens is 1. The monoisotopic (exact) mass is 504 g/mol. The van der Waals surface area contributed by atoms with Crippen LogP contribution >= 0.6 is 22.9 Å². The molecule has 2 saturated heterocycles. The van der Waals surface area contributed by atoms with Crippen LogP contribution in [0.5, 0.6) is 0 Å². The van der Waals surface area contributed by atoms with Crippen LogP contribution in [0.15, 0.2) is 53.4 Å². The fourth-order valence-electron chi connectivity index (χ4n) is 4.50. The van der Waals surface area contributed by atoms with Crippen molar-refractivity contribution in [2.24, 2.45) is 5.92 Å². The molecular weight excluding hydrogens is 480 g/mol. The van der Waals surface area contributed by atoms with Crippen LogP contribution < -0.4 is 4.90 Å². The summed E-state index contributed by atoms with van der Waals surface area (Å²) < 4.78 is 28.5. The molecule has 3 heterocycles. The Hall–Kier alpha value is -2.20. The van der Waals surface area contributed by atoms with Gasteiger partial charge in [0.1, 0.15) is 0 Å². The molecule has 2 aliphatic rings. The molecule has 1 unspecified atom stereocenters. The van der Waals surface area contributed by atoms with Crippen LogP contribution in [0.3, 0.4) is 0 Å². The van der Waals surface area contributed by atoms with Gasteiger partial charge >= 0.3 is 0 Å². The zero-order valence-electron chi connectivity index (χ0n) is 18.1. The number of carbonyl (C=O) groups excluding carboxylic acids is 1. The molecule has 3 aromatic rings. The quantitative estimate of drug-likeness (QED) is 0.541. The number of benzene rings is 2. The van der Waals surface area contributed by atoms with Crippen LogP contribution in [0.4, 0.5) is 5.13 Å². The lowest BCUT2D eigenvalue weighted by Crippen LogP contribution is -2.53. The number of piperazine rings is 1. The number of hydrogen-bond acceptors (Lipinski definition) is 6. The Morgan fingerprint density at radius 2 is 1.79 bits per heavy atom. The lowest BCUT2D eigenvalue weighted by atomic mass is 9.98. The fraction of sp³-hybridized carbons (Fsp3) is 0.391. The first kappa shape index (κ1) is 22.6. The minimum absolute atomic E-state index is 0.0543. The van der Waals surface area contributed by atoms with Crippen LogP contribution in [0, 0.1) is 5.92 Å². The molecule has 0 spiro atoms. The molecule has 174 valence electrons.